The number of para-hydroxylation sites is 2. The van der Waals surface area contributed by atoms with Crippen LogP contribution in [0.4, 0.5) is 0 Å². The molecule has 1 aromatic heterocycles. The molecule has 1 N–H and O–H groups in total. The van der Waals surface area contributed by atoms with E-state index in [4.69, 9.17) is 9.52 Å². The van der Waals surface area contributed by atoms with Crippen molar-refractivity contribution < 1.29 is 19.1 Å². The van der Waals surface area contributed by atoms with Gasteiger partial charge in [-0.15, -0.1) is 0 Å². The lowest BCUT2D eigenvalue weighted by atomic mass is 10.1. The molecule has 0 bridgehead atoms. The average molecular weight is 286 g/mol. The van der Waals surface area contributed by atoms with Crippen molar-refractivity contribution in [1.82, 2.24) is 9.88 Å². The second-order valence-electron chi connectivity index (χ2n) is 4.96. The van der Waals surface area contributed by atoms with Crippen LogP contribution in [0.3, 0.4) is 0 Å². The van der Waals surface area contributed by atoms with E-state index in [1.165, 1.54) is 17.1 Å². The van der Waals surface area contributed by atoms with Crippen LogP contribution in [0.1, 0.15) is 12.3 Å². The highest BCUT2D eigenvalue weighted by Crippen LogP contribution is 2.18. The molecule has 3 rings (SSSR count). The number of rotatable bonds is 3. The number of carbonyl (C=O) groups excluding carboxylic acids is 1. The molecule has 1 aromatic carbocycles. The van der Waals surface area contributed by atoms with Crippen LogP contribution in [0.2, 0.25) is 0 Å². The van der Waals surface area contributed by atoms with Crippen molar-refractivity contribution in [2.24, 2.45) is 5.92 Å². The van der Waals surface area contributed by atoms with E-state index in [1.54, 1.807) is 6.07 Å². The third kappa shape index (κ3) is 2.79. The van der Waals surface area contributed by atoms with Crippen LogP contribution < -0.4 is 0 Å². The molecule has 21 heavy (non-hydrogen) atoms. The topological polar surface area (TPSA) is 83.6 Å². The number of hydrogen-bond acceptors (Lipinski definition) is 4. The second-order valence-corrected chi connectivity index (χ2v) is 4.96. The van der Waals surface area contributed by atoms with Crippen LogP contribution >= 0.6 is 0 Å². The highest BCUT2D eigenvalue weighted by atomic mass is 16.4. The van der Waals surface area contributed by atoms with Gasteiger partial charge in [0.1, 0.15) is 5.52 Å². The first-order chi connectivity index (χ1) is 10.1. The lowest BCUT2D eigenvalue weighted by molar-refractivity contribution is -0.141. The molecule has 1 fully saturated rings. The molecule has 108 valence electrons. The highest BCUT2D eigenvalue weighted by Gasteiger charge is 2.29. The van der Waals surface area contributed by atoms with E-state index >= 15 is 0 Å². The summed E-state index contributed by atoms with van der Waals surface area (Å²) >= 11 is 0. The molecule has 2 aromatic rings. The Balaban J connectivity index is 1.68. The Kier molecular flexibility index (Phi) is 3.43. The second kappa shape index (κ2) is 5.40. The summed E-state index contributed by atoms with van der Waals surface area (Å²) in [5.74, 6) is -1.18. The van der Waals surface area contributed by atoms with Gasteiger partial charge in [-0.1, -0.05) is 12.1 Å². The third-order valence-corrected chi connectivity index (χ3v) is 3.53. The lowest BCUT2D eigenvalue weighted by Crippen LogP contribution is -2.28. The van der Waals surface area contributed by atoms with Crippen molar-refractivity contribution in [3.05, 3.63) is 36.2 Å². The molecular formula is C15H14N2O4. The third-order valence-electron chi connectivity index (χ3n) is 3.53. The Hall–Kier alpha value is -2.63. The minimum absolute atomic E-state index is 0.221. The Bertz CT molecular complexity index is 686. The van der Waals surface area contributed by atoms with Gasteiger partial charge in [-0.25, -0.2) is 4.98 Å². The summed E-state index contributed by atoms with van der Waals surface area (Å²) in [6.07, 6.45) is 3.38. The molecule has 1 amide bonds. The van der Waals surface area contributed by atoms with E-state index in [2.05, 4.69) is 4.98 Å². The summed E-state index contributed by atoms with van der Waals surface area (Å²) in [5.41, 5.74) is 1.40. The van der Waals surface area contributed by atoms with E-state index < -0.39 is 11.9 Å². The van der Waals surface area contributed by atoms with E-state index in [-0.39, 0.29) is 12.5 Å². The van der Waals surface area contributed by atoms with Gasteiger partial charge in [-0.3, -0.25) is 9.59 Å². The maximum atomic E-state index is 12.0. The monoisotopic (exact) mass is 286 g/mol. The quantitative estimate of drug-likeness (QED) is 0.869. The lowest BCUT2D eigenvalue weighted by Gasteiger charge is -2.12. The number of fused-ring (bicyclic) bond motifs is 1. The molecule has 1 saturated heterocycles. The number of carboxylic acid groups (broad SMARTS) is 1. The normalized spacial score (nSPS) is 18.7. The van der Waals surface area contributed by atoms with Crippen molar-refractivity contribution in [1.29, 1.82) is 0 Å². The first kappa shape index (κ1) is 13.4. The Morgan fingerprint density at radius 3 is 2.90 bits per heavy atom. The summed E-state index contributed by atoms with van der Waals surface area (Å²) in [5, 5.41) is 8.92. The molecular weight excluding hydrogens is 272 g/mol. The van der Waals surface area contributed by atoms with Crippen LogP contribution in [-0.4, -0.2) is 40.0 Å². The fourth-order valence-corrected chi connectivity index (χ4v) is 2.37. The first-order valence-electron chi connectivity index (χ1n) is 6.69. The van der Waals surface area contributed by atoms with Crippen molar-refractivity contribution in [2.75, 3.05) is 13.1 Å². The molecule has 1 aliphatic rings. The van der Waals surface area contributed by atoms with Crippen LogP contribution in [0.25, 0.3) is 17.2 Å². The molecule has 6 heteroatoms. The minimum atomic E-state index is -0.853. The van der Waals surface area contributed by atoms with E-state index in [1.807, 2.05) is 18.2 Å². The average Bonchev–Trinajstić information content (AvgIpc) is 3.11. The van der Waals surface area contributed by atoms with Crippen LogP contribution in [-0.2, 0) is 9.59 Å². The van der Waals surface area contributed by atoms with Gasteiger partial charge in [0.05, 0.1) is 5.92 Å². The van der Waals surface area contributed by atoms with Crippen molar-refractivity contribution in [3.8, 4) is 0 Å². The maximum absolute atomic E-state index is 12.0. The van der Waals surface area contributed by atoms with Gasteiger partial charge in [-0.05, 0) is 18.6 Å². The van der Waals surface area contributed by atoms with E-state index in [0.29, 0.717) is 24.4 Å². The number of carbonyl (C=O) groups is 2. The number of oxazole rings is 1. The highest BCUT2D eigenvalue weighted by molar-refractivity contribution is 5.92. The van der Waals surface area contributed by atoms with Gasteiger partial charge in [0.2, 0.25) is 11.8 Å². The maximum Gasteiger partial charge on any atom is 0.308 e. The summed E-state index contributed by atoms with van der Waals surface area (Å²) in [7, 11) is 0. The molecule has 6 nitrogen and oxygen atoms in total. The summed E-state index contributed by atoms with van der Waals surface area (Å²) in [6, 6.07) is 7.34. The van der Waals surface area contributed by atoms with Crippen molar-refractivity contribution >= 4 is 29.1 Å². The number of likely N-dealkylation sites (tertiary alicyclic amines) is 1. The Morgan fingerprint density at radius 1 is 1.38 bits per heavy atom. The standard InChI is InChI=1S/C15H14N2O4/c18-14(17-8-7-10(9-17)15(19)20)6-5-13-16-11-3-1-2-4-12(11)21-13/h1-6,10H,7-9H2,(H,19,20)/b6-5-/t10-/m1/s1. The zero-order chi connectivity index (χ0) is 14.8. The molecule has 0 unspecified atom stereocenters. The molecule has 0 radical (unpaired) electrons. The SMILES string of the molecule is O=C(O)[C@@H]1CCN(C(=O)/C=C\c2nc3ccccc3o2)C1. The van der Waals surface area contributed by atoms with Crippen molar-refractivity contribution in [3.63, 3.8) is 0 Å². The minimum Gasteiger partial charge on any atom is -0.481 e. The van der Waals surface area contributed by atoms with Crippen molar-refractivity contribution in [2.45, 2.75) is 6.42 Å². The Labute approximate surface area is 120 Å². The number of carboxylic acids is 1. The summed E-state index contributed by atoms with van der Waals surface area (Å²) < 4.78 is 5.48. The molecule has 0 aliphatic carbocycles. The largest absolute Gasteiger partial charge is 0.481 e. The molecule has 0 saturated carbocycles. The number of aliphatic carboxylic acids is 1. The predicted octanol–water partition coefficient (Wildman–Crippen LogP) is 1.77. The van der Waals surface area contributed by atoms with Crippen LogP contribution in [0.15, 0.2) is 34.8 Å². The predicted molar refractivity (Wildman–Crippen MR) is 75.4 cm³/mol. The van der Waals surface area contributed by atoms with E-state index in [9.17, 15) is 9.59 Å². The van der Waals surface area contributed by atoms with Gasteiger partial charge >= 0.3 is 5.97 Å². The fraction of sp³-hybridized carbons (Fsp3) is 0.267. The zero-order valence-corrected chi connectivity index (χ0v) is 11.2. The van der Waals surface area contributed by atoms with E-state index in [0.717, 1.165) is 5.52 Å². The number of nitrogens with zero attached hydrogens (tertiary/aromatic N) is 2. The van der Waals surface area contributed by atoms with Crippen LogP contribution in [0, 0.1) is 5.92 Å². The fourth-order valence-electron chi connectivity index (χ4n) is 2.37. The number of amides is 1. The van der Waals surface area contributed by atoms with Gasteiger partial charge < -0.3 is 14.4 Å². The zero-order valence-electron chi connectivity index (χ0n) is 11.2. The molecule has 0 spiro atoms. The van der Waals surface area contributed by atoms with Gasteiger partial charge in [-0.2, -0.15) is 0 Å². The summed E-state index contributed by atoms with van der Waals surface area (Å²) in [6.45, 7) is 0.722. The number of benzene rings is 1. The summed E-state index contributed by atoms with van der Waals surface area (Å²) in [4.78, 5) is 28.6. The van der Waals surface area contributed by atoms with Gasteiger partial charge in [0.25, 0.3) is 0 Å². The molecule has 1 aliphatic heterocycles. The number of aromatic nitrogens is 1. The van der Waals surface area contributed by atoms with Gasteiger partial charge in [0, 0.05) is 25.2 Å². The number of hydrogen-bond donors (Lipinski definition) is 1. The van der Waals surface area contributed by atoms with Crippen LogP contribution in [0.5, 0.6) is 0 Å². The Morgan fingerprint density at radius 2 is 2.19 bits per heavy atom. The first-order valence-corrected chi connectivity index (χ1v) is 6.69. The molecule has 2 heterocycles. The molecule has 1 atom stereocenters. The van der Waals surface area contributed by atoms with Gasteiger partial charge in [0.15, 0.2) is 5.58 Å². The smallest absolute Gasteiger partial charge is 0.308 e.